The first kappa shape index (κ1) is 20.9. The van der Waals surface area contributed by atoms with E-state index in [0.29, 0.717) is 0 Å². The van der Waals surface area contributed by atoms with Crippen molar-refractivity contribution in [2.75, 3.05) is 26.3 Å². The monoisotopic (exact) mass is 274 g/mol. The van der Waals surface area contributed by atoms with Crippen LogP contribution in [0.25, 0.3) is 0 Å². The van der Waals surface area contributed by atoms with E-state index in [1.54, 1.807) is 0 Å². The summed E-state index contributed by atoms with van der Waals surface area (Å²) in [6.45, 7) is -0.650. The highest BCUT2D eigenvalue weighted by Crippen LogP contribution is 1.85. The summed E-state index contributed by atoms with van der Waals surface area (Å²) >= 11 is 0. The maximum absolute atomic E-state index is 9.99. The van der Waals surface area contributed by atoms with Gasteiger partial charge in [0.15, 0.2) is 5.03 Å². The average molecular weight is 274 g/mol. The number of hydrogen-bond donors (Lipinski definition) is 2. The minimum absolute atomic E-state index is 0.0481. The van der Waals surface area contributed by atoms with Crippen LogP contribution in [-0.2, 0) is 0 Å². The van der Waals surface area contributed by atoms with Gasteiger partial charge >= 0.3 is 0 Å². The first-order valence-corrected chi connectivity index (χ1v) is 3.93. The highest BCUT2D eigenvalue weighted by atomic mass is 16.9. The number of hydrazine groups is 1. The molecule has 0 aliphatic heterocycles. The van der Waals surface area contributed by atoms with Crippen LogP contribution in [0.4, 0.5) is 0 Å². The van der Waals surface area contributed by atoms with Gasteiger partial charge in [-0.15, -0.1) is 5.01 Å². The van der Waals surface area contributed by atoms with E-state index in [1.165, 1.54) is 0 Å². The molecule has 108 valence electrons. The molecule has 0 aromatic rings. The van der Waals surface area contributed by atoms with Gasteiger partial charge in [-0.3, -0.25) is 0 Å². The van der Waals surface area contributed by atoms with Crippen LogP contribution in [0.3, 0.4) is 0 Å². The molecule has 14 heteroatoms. The van der Waals surface area contributed by atoms with E-state index in [4.69, 9.17) is 40.9 Å². The van der Waals surface area contributed by atoms with Crippen molar-refractivity contribution in [3.8, 4) is 0 Å². The first-order chi connectivity index (χ1) is 8.18. The Morgan fingerprint density at radius 3 is 1.11 bits per heavy atom. The Hall–Kier alpha value is -2.48. The Bertz CT molecular complexity index is 220. The van der Waals surface area contributed by atoms with Gasteiger partial charge in [-0.1, -0.05) is 0 Å². The van der Waals surface area contributed by atoms with Crippen molar-refractivity contribution in [2.45, 2.75) is 0 Å². The predicted molar refractivity (Wildman–Crippen MR) is 53.5 cm³/mol. The van der Waals surface area contributed by atoms with E-state index in [9.17, 15) is 10.1 Å². The molecule has 0 radical (unpaired) electrons. The third-order valence-corrected chi connectivity index (χ3v) is 0.947. The Kier molecular flexibility index (Phi) is 16.8. The second-order valence-corrected chi connectivity index (χ2v) is 2.09. The molecular formula is C4H10N4O10-2. The van der Waals surface area contributed by atoms with Gasteiger partial charge in [0.1, 0.15) is 13.1 Å². The van der Waals surface area contributed by atoms with E-state index in [0.717, 1.165) is 5.01 Å². The summed E-state index contributed by atoms with van der Waals surface area (Å²) in [5, 5.41) is 56.2. The Morgan fingerprint density at radius 1 is 0.778 bits per heavy atom. The third-order valence-electron chi connectivity index (χ3n) is 0.947. The highest BCUT2D eigenvalue weighted by molar-refractivity contribution is 4.40. The van der Waals surface area contributed by atoms with Gasteiger partial charge in [0.25, 0.3) is 0 Å². The summed E-state index contributed by atoms with van der Waals surface area (Å²) in [4.78, 5) is 26.5. The van der Waals surface area contributed by atoms with Gasteiger partial charge in [-0.2, -0.15) is 0 Å². The Labute approximate surface area is 98.6 Å². The fourth-order valence-electron chi connectivity index (χ4n) is 0.506. The van der Waals surface area contributed by atoms with Crippen LogP contribution in [-0.4, -0.2) is 56.7 Å². The van der Waals surface area contributed by atoms with Crippen LogP contribution in [0.5, 0.6) is 0 Å². The van der Waals surface area contributed by atoms with Crippen molar-refractivity contribution >= 4 is 0 Å². The zero-order chi connectivity index (χ0) is 15.1. The topological polar surface area (TPSA) is 219 Å². The average Bonchev–Trinajstić information content (AvgIpc) is 2.15. The number of hydrogen-bond acceptors (Lipinski definition) is 10. The van der Waals surface area contributed by atoms with Crippen LogP contribution in [0.2, 0.25) is 0 Å². The minimum Gasteiger partial charge on any atom is -0.394 e. The lowest BCUT2D eigenvalue weighted by molar-refractivity contribution is -0.656. The molecule has 14 nitrogen and oxygen atoms in total. The second kappa shape index (κ2) is 14.5. The zero-order valence-electron chi connectivity index (χ0n) is 8.78. The van der Waals surface area contributed by atoms with E-state index in [2.05, 4.69) is 0 Å². The molecule has 2 N–H and O–H groups in total. The molecule has 0 fully saturated rings. The summed E-state index contributed by atoms with van der Waals surface area (Å²) in [6.07, 6.45) is 0. The second-order valence-electron chi connectivity index (χ2n) is 2.09. The van der Waals surface area contributed by atoms with Crippen LogP contribution in [0.1, 0.15) is 0 Å². The SMILES string of the molecule is O=[N+]([O-])N(CCO)CCO.O=[N+]([O-])[O-].O=[N+]([O-])[O-]. The molecule has 0 bridgehead atoms. The number of nitro groups is 1. The van der Waals surface area contributed by atoms with Crippen molar-refractivity contribution in [1.82, 2.24) is 5.01 Å². The molecule has 0 saturated heterocycles. The van der Waals surface area contributed by atoms with E-state index >= 15 is 0 Å². The number of nitrogens with zero attached hydrogens (tertiary/aromatic N) is 4. The van der Waals surface area contributed by atoms with Gasteiger partial charge in [0.05, 0.1) is 23.4 Å². The largest absolute Gasteiger partial charge is 0.394 e. The standard InChI is InChI=1S/C4H10N2O4.2NO3/c7-3-1-5(2-4-8)6(9)10;2*2-1(3)4/h7-8H,1-4H2;;/q;2*-1. The van der Waals surface area contributed by atoms with E-state index < -0.39 is 15.2 Å². The van der Waals surface area contributed by atoms with E-state index in [1.807, 2.05) is 0 Å². The summed E-state index contributed by atoms with van der Waals surface area (Å²) in [7, 11) is 0. The lowest BCUT2D eigenvalue weighted by Gasteiger charge is -2.09. The fraction of sp³-hybridized carbons (Fsp3) is 1.00. The maximum atomic E-state index is 9.99. The number of aliphatic hydroxyl groups excluding tert-OH is 2. The molecule has 0 unspecified atom stereocenters. The molecule has 0 saturated carbocycles. The van der Waals surface area contributed by atoms with Gasteiger partial charge in [-0.25, -0.2) is 10.1 Å². The van der Waals surface area contributed by atoms with Crippen LogP contribution < -0.4 is 0 Å². The van der Waals surface area contributed by atoms with Gasteiger partial charge < -0.3 is 40.9 Å². The van der Waals surface area contributed by atoms with Crippen molar-refractivity contribution in [1.29, 1.82) is 0 Å². The van der Waals surface area contributed by atoms with Crippen molar-refractivity contribution < 1.29 is 25.4 Å². The summed E-state index contributed by atoms with van der Waals surface area (Å²) in [6, 6.07) is 0. The first-order valence-electron chi connectivity index (χ1n) is 3.93. The van der Waals surface area contributed by atoms with Gasteiger partial charge in [0.2, 0.25) is 0 Å². The molecule has 0 rings (SSSR count). The van der Waals surface area contributed by atoms with Crippen molar-refractivity contribution in [3.63, 3.8) is 0 Å². The zero-order valence-corrected chi connectivity index (χ0v) is 8.78. The molecule has 0 atom stereocenters. The fourth-order valence-corrected chi connectivity index (χ4v) is 0.506. The minimum atomic E-state index is -1.75. The van der Waals surface area contributed by atoms with Crippen LogP contribution in [0.15, 0.2) is 0 Å². The molecule has 0 aliphatic rings. The molecule has 0 heterocycles. The van der Waals surface area contributed by atoms with Gasteiger partial charge in [-0.05, 0) is 0 Å². The predicted octanol–water partition coefficient (Wildman–Crippen LogP) is -2.01. The maximum Gasteiger partial charge on any atom is 0.160 e. The molecule has 0 aromatic carbocycles. The quantitative estimate of drug-likeness (QED) is 0.411. The smallest absolute Gasteiger partial charge is 0.160 e. The molecule has 0 aliphatic carbocycles. The van der Waals surface area contributed by atoms with Crippen LogP contribution in [0, 0.1) is 40.8 Å². The normalized spacial score (nSPS) is 7.89. The Balaban J connectivity index is -0.000000233. The summed E-state index contributed by atoms with van der Waals surface area (Å²) in [5.74, 6) is 0. The molecule has 0 aromatic heterocycles. The lowest BCUT2D eigenvalue weighted by Crippen LogP contribution is -2.34. The third kappa shape index (κ3) is 37.5. The van der Waals surface area contributed by atoms with Crippen molar-refractivity contribution in [2.24, 2.45) is 0 Å². The number of rotatable bonds is 5. The number of aliphatic hydroxyl groups is 2. The molecular weight excluding hydrogens is 264 g/mol. The lowest BCUT2D eigenvalue weighted by atomic mass is 10.6. The summed E-state index contributed by atoms with van der Waals surface area (Å²) in [5.41, 5.74) is 0. The van der Waals surface area contributed by atoms with E-state index in [-0.39, 0.29) is 26.3 Å². The molecule has 0 spiro atoms. The van der Waals surface area contributed by atoms with Crippen LogP contribution >= 0.6 is 0 Å². The van der Waals surface area contributed by atoms with Crippen molar-refractivity contribution in [3.05, 3.63) is 40.8 Å². The Morgan fingerprint density at radius 2 is 1.00 bits per heavy atom. The molecule has 18 heavy (non-hydrogen) atoms. The molecule has 0 amide bonds. The summed E-state index contributed by atoms with van der Waals surface area (Å²) < 4.78 is 0. The highest BCUT2D eigenvalue weighted by Gasteiger charge is 2.10. The van der Waals surface area contributed by atoms with Gasteiger partial charge in [0, 0.05) is 0 Å².